The maximum Gasteiger partial charge on any atom is 0.179 e. The Balaban J connectivity index is 2.25. The highest BCUT2D eigenvalue weighted by Crippen LogP contribution is 2.47. The number of ketones is 2. The van der Waals surface area contributed by atoms with Gasteiger partial charge in [0.15, 0.2) is 11.6 Å². The fourth-order valence-corrected chi connectivity index (χ4v) is 3.97. The maximum atomic E-state index is 13.2. The molecule has 0 bridgehead atoms. The van der Waals surface area contributed by atoms with Gasteiger partial charge < -0.3 is 5.11 Å². The Morgan fingerprint density at radius 2 is 1.25 bits per heavy atom. The zero-order valence-corrected chi connectivity index (χ0v) is 17.7. The Hall–Kier alpha value is -2.68. The van der Waals surface area contributed by atoms with Gasteiger partial charge in [0.25, 0.3) is 0 Å². The van der Waals surface area contributed by atoms with Gasteiger partial charge in [0.05, 0.1) is 16.4 Å². The van der Waals surface area contributed by atoms with Crippen molar-refractivity contribution in [2.75, 3.05) is 0 Å². The van der Waals surface area contributed by atoms with E-state index >= 15 is 0 Å². The summed E-state index contributed by atoms with van der Waals surface area (Å²) in [6.07, 6.45) is 0. The van der Waals surface area contributed by atoms with E-state index in [0.717, 1.165) is 16.7 Å². The van der Waals surface area contributed by atoms with E-state index < -0.39 is 10.8 Å². The van der Waals surface area contributed by atoms with Crippen LogP contribution in [-0.4, -0.2) is 16.7 Å². The third-order valence-corrected chi connectivity index (χ3v) is 6.11. The molecule has 1 aliphatic rings. The summed E-state index contributed by atoms with van der Waals surface area (Å²) in [4.78, 5) is 26.0. The summed E-state index contributed by atoms with van der Waals surface area (Å²) < 4.78 is 0. The molecular weight excluding hydrogens is 348 g/mol. The predicted octanol–water partition coefficient (Wildman–Crippen LogP) is 5.75. The molecular formula is C25H28O3. The van der Waals surface area contributed by atoms with E-state index in [1.54, 1.807) is 27.7 Å². The lowest BCUT2D eigenvalue weighted by molar-refractivity contribution is -0.143. The fraction of sp³-hybridized carbons (Fsp3) is 0.360. The van der Waals surface area contributed by atoms with Crippen molar-refractivity contribution in [2.45, 2.75) is 48.5 Å². The molecule has 0 amide bonds. The third kappa shape index (κ3) is 2.90. The van der Waals surface area contributed by atoms with Crippen molar-refractivity contribution < 1.29 is 14.7 Å². The van der Waals surface area contributed by atoms with Crippen LogP contribution in [0, 0.1) is 31.6 Å². The van der Waals surface area contributed by atoms with Gasteiger partial charge in [0, 0.05) is 0 Å². The Bertz CT molecular complexity index is 1040. The number of hydrogen-bond donors (Lipinski definition) is 1. The predicted molar refractivity (Wildman–Crippen MR) is 113 cm³/mol. The van der Waals surface area contributed by atoms with Crippen LogP contribution in [0.25, 0.3) is 16.7 Å². The van der Waals surface area contributed by atoms with Crippen LogP contribution in [0.1, 0.15) is 49.9 Å². The minimum Gasteiger partial charge on any atom is -0.510 e. The van der Waals surface area contributed by atoms with Crippen LogP contribution < -0.4 is 0 Å². The molecule has 0 aliphatic heterocycles. The topological polar surface area (TPSA) is 54.4 Å². The normalized spacial score (nSPS) is 18.5. The van der Waals surface area contributed by atoms with E-state index in [1.807, 2.05) is 25.1 Å². The Morgan fingerprint density at radius 1 is 0.714 bits per heavy atom. The quantitative estimate of drug-likeness (QED) is 0.679. The van der Waals surface area contributed by atoms with E-state index in [0.29, 0.717) is 5.56 Å². The first kappa shape index (κ1) is 20.1. The zero-order valence-electron chi connectivity index (χ0n) is 17.7. The van der Waals surface area contributed by atoms with Crippen molar-refractivity contribution in [3.05, 3.63) is 64.4 Å². The van der Waals surface area contributed by atoms with E-state index in [4.69, 9.17) is 0 Å². The van der Waals surface area contributed by atoms with E-state index in [9.17, 15) is 14.7 Å². The molecule has 0 saturated heterocycles. The summed E-state index contributed by atoms with van der Waals surface area (Å²) >= 11 is 0. The lowest BCUT2D eigenvalue weighted by Gasteiger charge is -2.38. The second kappa shape index (κ2) is 6.44. The first-order chi connectivity index (χ1) is 12.9. The summed E-state index contributed by atoms with van der Waals surface area (Å²) in [5.74, 6) is -0.717. The molecule has 0 heterocycles. The number of hydrogen-bond acceptors (Lipinski definition) is 3. The summed E-state index contributed by atoms with van der Waals surface area (Å²) in [6.45, 7) is 12.7. The van der Waals surface area contributed by atoms with Gasteiger partial charge in [-0.05, 0) is 87.9 Å². The number of carbonyl (C=O) groups is 2. The van der Waals surface area contributed by atoms with Crippen LogP contribution in [0.2, 0.25) is 0 Å². The highest BCUT2D eigenvalue weighted by molar-refractivity contribution is 6.34. The number of aliphatic hydroxyl groups is 1. The van der Waals surface area contributed by atoms with Gasteiger partial charge in [-0.25, -0.2) is 0 Å². The van der Waals surface area contributed by atoms with Gasteiger partial charge in [-0.1, -0.05) is 30.3 Å². The number of aliphatic hydroxyl groups excluding tert-OH is 1. The largest absolute Gasteiger partial charge is 0.510 e. The van der Waals surface area contributed by atoms with Gasteiger partial charge in [0.1, 0.15) is 5.76 Å². The molecule has 2 aromatic carbocycles. The Labute approximate surface area is 167 Å². The molecule has 28 heavy (non-hydrogen) atoms. The molecule has 3 nitrogen and oxygen atoms in total. The second-order valence-electron chi connectivity index (χ2n) is 8.96. The van der Waals surface area contributed by atoms with Crippen molar-refractivity contribution in [3.63, 3.8) is 0 Å². The van der Waals surface area contributed by atoms with Crippen LogP contribution in [0.3, 0.4) is 0 Å². The van der Waals surface area contributed by atoms with Crippen molar-refractivity contribution in [1.29, 1.82) is 0 Å². The monoisotopic (exact) mass is 376 g/mol. The summed E-state index contributed by atoms with van der Waals surface area (Å²) in [5, 5.41) is 10.9. The number of allylic oxidation sites excluding steroid dienone is 2. The second-order valence-corrected chi connectivity index (χ2v) is 8.96. The molecule has 0 fully saturated rings. The molecule has 0 spiro atoms. The molecule has 0 saturated carbocycles. The van der Waals surface area contributed by atoms with E-state index in [-0.39, 0.29) is 22.9 Å². The highest BCUT2D eigenvalue weighted by atomic mass is 16.3. The lowest BCUT2D eigenvalue weighted by atomic mass is 9.62. The van der Waals surface area contributed by atoms with Crippen LogP contribution in [0.5, 0.6) is 0 Å². The SMILES string of the molecule is Cc1ccc(-c2ccc(C)c(C3=C(O)C(C)(C)C(=O)C(C)(C)C3=O)c2)cc1C. The molecule has 0 radical (unpaired) electrons. The van der Waals surface area contributed by atoms with Gasteiger partial charge >= 0.3 is 0 Å². The van der Waals surface area contributed by atoms with Gasteiger partial charge in [-0.3, -0.25) is 9.59 Å². The summed E-state index contributed by atoms with van der Waals surface area (Å²) in [5.41, 5.74) is 4.02. The Morgan fingerprint density at radius 3 is 1.82 bits per heavy atom. The molecule has 3 rings (SSSR count). The third-order valence-electron chi connectivity index (χ3n) is 6.11. The van der Waals surface area contributed by atoms with Gasteiger partial charge in [0.2, 0.25) is 0 Å². The van der Waals surface area contributed by atoms with Crippen molar-refractivity contribution >= 4 is 17.1 Å². The molecule has 2 aromatic rings. The first-order valence-corrected chi connectivity index (χ1v) is 9.61. The van der Waals surface area contributed by atoms with Crippen molar-refractivity contribution in [1.82, 2.24) is 0 Å². The standard InChI is InChI=1S/C25H28O3/c1-14-8-10-17(12-16(14)3)18-11-9-15(2)19(13-18)20-21(26)24(4,5)23(28)25(6,7)22(20)27/h8-13,26H,1-7H3. The number of rotatable bonds is 2. The highest BCUT2D eigenvalue weighted by Gasteiger charge is 2.53. The van der Waals surface area contributed by atoms with Gasteiger partial charge in [-0.15, -0.1) is 0 Å². The van der Waals surface area contributed by atoms with E-state index in [2.05, 4.69) is 32.0 Å². The zero-order chi connectivity index (χ0) is 21.0. The molecule has 1 aliphatic carbocycles. The fourth-order valence-electron chi connectivity index (χ4n) is 3.97. The summed E-state index contributed by atoms with van der Waals surface area (Å²) in [7, 11) is 0. The van der Waals surface area contributed by atoms with Crippen molar-refractivity contribution in [2.24, 2.45) is 10.8 Å². The first-order valence-electron chi connectivity index (χ1n) is 9.61. The minimum atomic E-state index is -1.17. The number of benzene rings is 2. The van der Waals surface area contributed by atoms with Crippen LogP contribution in [0.4, 0.5) is 0 Å². The number of Topliss-reactive ketones (excluding diaryl/α,β-unsaturated/α-hetero) is 2. The summed E-state index contributed by atoms with van der Waals surface area (Å²) in [6, 6.07) is 12.2. The molecule has 0 aromatic heterocycles. The number of aryl methyl sites for hydroxylation is 3. The smallest absolute Gasteiger partial charge is 0.179 e. The Kier molecular flexibility index (Phi) is 4.61. The lowest BCUT2D eigenvalue weighted by Crippen LogP contribution is -2.48. The minimum absolute atomic E-state index is 0.137. The molecule has 0 atom stereocenters. The maximum absolute atomic E-state index is 13.2. The molecule has 0 unspecified atom stereocenters. The van der Waals surface area contributed by atoms with Crippen LogP contribution in [0.15, 0.2) is 42.2 Å². The molecule has 146 valence electrons. The number of carbonyl (C=O) groups excluding carboxylic acids is 2. The average Bonchev–Trinajstić information content (AvgIpc) is 2.63. The van der Waals surface area contributed by atoms with Crippen LogP contribution >= 0.6 is 0 Å². The van der Waals surface area contributed by atoms with Crippen molar-refractivity contribution in [3.8, 4) is 11.1 Å². The van der Waals surface area contributed by atoms with Crippen LogP contribution in [-0.2, 0) is 9.59 Å². The molecule has 3 heteroatoms. The van der Waals surface area contributed by atoms with E-state index in [1.165, 1.54) is 11.1 Å². The molecule has 1 N–H and O–H groups in total. The van der Waals surface area contributed by atoms with Gasteiger partial charge in [-0.2, -0.15) is 0 Å². The average molecular weight is 376 g/mol.